The van der Waals surface area contributed by atoms with Gasteiger partial charge in [-0.05, 0) is 18.4 Å². The fraction of sp³-hybridized carbons (Fsp3) is 0.571. The van der Waals surface area contributed by atoms with Crippen molar-refractivity contribution in [3.05, 3.63) is 35.9 Å². The molecule has 0 amide bonds. The van der Waals surface area contributed by atoms with Crippen LogP contribution in [0.5, 0.6) is 0 Å². The summed E-state index contributed by atoms with van der Waals surface area (Å²) in [5.74, 6) is 0.120. The third-order valence-corrected chi connectivity index (χ3v) is 6.15. The Balaban J connectivity index is 2.11. The summed E-state index contributed by atoms with van der Waals surface area (Å²) in [5, 5.41) is -0.129. The van der Waals surface area contributed by atoms with E-state index >= 15 is 0 Å². The smallest absolute Gasteiger partial charge is 0.153 e. The van der Waals surface area contributed by atoms with Gasteiger partial charge in [0.15, 0.2) is 9.84 Å². The molecule has 1 aromatic rings. The SMILES string of the molecule is NCC(CS(=O)(=O)C1CCCC1)c1ccccc1. The van der Waals surface area contributed by atoms with E-state index in [1.807, 2.05) is 30.3 Å². The second-order valence-electron chi connectivity index (χ2n) is 5.08. The van der Waals surface area contributed by atoms with Gasteiger partial charge in [-0.2, -0.15) is 0 Å². The highest BCUT2D eigenvalue weighted by molar-refractivity contribution is 7.92. The highest BCUT2D eigenvalue weighted by Crippen LogP contribution is 2.28. The van der Waals surface area contributed by atoms with Gasteiger partial charge in [-0.3, -0.25) is 0 Å². The zero-order valence-electron chi connectivity index (χ0n) is 10.6. The Morgan fingerprint density at radius 1 is 1.17 bits per heavy atom. The summed E-state index contributed by atoms with van der Waals surface area (Å²) in [7, 11) is -3.00. The summed E-state index contributed by atoms with van der Waals surface area (Å²) in [6.45, 7) is 0.385. The van der Waals surface area contributed by atoms with Crippen LogP contribution in [0.2, 0.25) is 0 Å². The minimum absolute atomic E-state index is 0.0724. The lowest BCUT2D eigenvalue weighted by molar-refractivity contribution is 0.571. The normalized spacial score (nSPS) is 18.9. The van der Waals surface area contributed by atoms with Gasteiger partial charge in [-0.25, -0.2) is 8.42 Å². The molecule has 1 fully saturated rings. The minimum atomic E-state index is -3.00. The molecule has 1 saturated carbocycles. The Labute approximate surface area is 109 Å². The monoisotopic (exact) mass is 267 g/mol. The Kier molecular flexibility index (Phi) is 4.40. The standard InChI is InChI=1S/C14H21NO2S/c15-10-13(12-6-2-1-3-7-12)11-18(16,17)14-8-4-5-9-14/h1-3,6-7,13-14H,4-5,8-11,15H2. The second-order valence-corrected chi connectivity index (χ2v) is 7.41. The summed E-state index contributed by atoms with van der Waals surface area (Å²) in [6.07, 6.45) is 3.74. The summed E-state index contributed by atoms with van der Waals surface area (Å²) >= 11 is 0. The van der Waals surface area contributed by atoms with Crippen molar-refractivity contribution < 1.29 is 8.42 Å². The molecule has 0 aromatic heterocycles. The summed E-state index contributed by atoms with van der Waals surface area (Å²) in [5.41, 5.74) is 6.78. The molecule has 0 heterocycles. The van der Waals surface area contributed by atoms with Crippen LogP contribution in [0.4, 0.5) is 0 Å². The van der Waals surface area contributed by atoms with Gasteiger partial charge in [0.25, 0.3) is 0 Å². The number of sulfone groups is 1. The molecule has 0 radical (unpaired) electrons. The lowest BCUT2D eigenvalue weighted by atomic mass is 10.0. The van der Waals surface area contributed by atoms with Gasteiger partial charge in [0, 0.05) is 12.5 Å². The van der Waals surface area contributed by atoms with Gasteiger partial charge >= 0.3 is 0 Å². The molecule has 18 heavy (non-hydrogen) atoms. The summed E-state index contributed by atoms with van der Waals surface area (Å²) in [4.78, 5) is 0. The van der Waals surface area contributed by atoms with Crippen LogP contribution in [-0.2, 0) is 9.84 Å². The fourth-order valence-corrected chi connectivity index (χ4v) is 4.90. The van der Waals surface area contributed by atoms with E-state index in [0.717, 1.165) is 31.2 Å². The maximum absolute atomic E-state index is 12.3. The molecule has 1 aliphatic rings. The molecule has 1 atom stereocenters. The van der Waals surface area contributed by atoms with E-state index in [0.29, 0.717) is 6.54 Å². The van der Waals surface area contributed by atoms with Crippen molar-refractivity contribution in [1.29, 1.82) is 0 Å². The molecule has 4 heteroatoms. The molecule has 3 nitrogen and oxygen atoms in total. The topological polar surface area (TPSA) is 60.2 Å². The van der Waals surface area contributed by atoms with Gasteiger partial charge in [0.2, 0.25) is 0 Å². The van der Waals surface area contributed by atoms with Crippen LogP contribution in [0, 0.1) is 0 Å². The molecular weight excluding hydrogens is 246 g/mol. The van der Waals surface area contributed by atoms with Gasteiger partial charge in [0.1, 0.15) is 0 Å². The maximum atomic E-state index is 12.3. The molecular formula is C14H21NO2S. The molecule has 2 N–H and O–H groups in total. The average Bonchev–Trinajstić information content (AvgIpc) is 2.92. The molecule has 0 bridgehead atoms. The van der Waals surface area contributed by atoms with Gasteiger partial charge < -0.3 is 5.73 Å². The molecule has 100 valence electrons. The largest absolute Gasteiger partial charge is 0.330 e. The van der Waals surface area contributed by atoms with E-state index in [1.54, 1.807) is 0 Å². The molecule has 1 unspecified atom stereocenters. The zero-order valence-corrected chi connectivity index (χ0v) is 11.4. The lowest BCUT2D eigenvalue weighted by Crippen LogP contribution is -2.28. The van der Waals surface area contributed by atoms with E-state index in [4.69, 9.17) is 5.73 Å². The van der Waals surface area contributed by atoms with E-state index in [1.165, 1.54) is 0 Å². The van der Waals surface area contributed by atoms with Crippen molar-refractivity contribution in [1.82, 2.24) is 0 Å². The molecule has 1 aliphatic carbocycles. The first-order chi connectivity index (χ1) is 8.63. The van der Waals surface area contributed by atoms with Crippen LogP contribution in [-0.4, -0.2) is 26.0 Å². The number of benzene rings is 1. The Morgan fingerprint density at radius 3 is 2.33 bits per heavy atom. The van der Waals surface area contributed by atoms with Gasteiger partial charge in [0.05, 0.1) is 11.0 Å². The quantitative estimate of drug-likeness (QED) is 0.888. The summed E-state index contributed by atoms with van der Waals surface area (Å²) < 4.78 is 24.6. The molecule has 0 aliphatic heterocycles. The lowest BCUT2D eigenvalue weighted by Gasteiger charge is -2.18. The first-order valence-corrected chi connectivity index (χ1v) is 8.31. The van der Waals surface area contributed by atoms with E-state index in [2.05, 4.69) is 0 Å². The van der Waals surface area contributed by atoms with Crippen LogP contribution in [0.15, 0.2) is 30.3 Å². The second kappa shape index (κ2) is 5.85. The third kappa shape index (κ3) is 3.12. The van der Waals surface area contributed by atoms with Crippen LogP contribution in [0.3, 0.4) is 0 Å². The first kappa shape index (κ1) is 13.6. The minimum Gasteiger partial charge on any atom is -0.330 e. The molecule has 1 aromatic carbocycles. The predicted octanol–water partition coefficient (Wildman–Crippen LogP) is 2.09. The number of nitrogens with two attached hydrogens (primary N) is 1. The molecule has 2 rings (SSSR count). The van der Waals surface area contributed by atoms with Crippen LogP contribution in [0.25, 0.3) is 0 Å². The van der Waals surface area contributed by atoms with Gasteiger partial charge in [-0.1, -0.05) is 43.2 Å². The maximum Gasteiger partial charge on any atom is 0.153 e. The van der Waals surface area contributed by atoms with E-state index in [-0.39, 0.29) is 16.9 Å². The third-order valence-electron chi connectivity index (χ3n) is 3.80. The van der Waals surface area contributed by atoms with Crippen molar-refractivity contribution >= 4 is 9.84 Å². The van der Waals surface area contributed by atoms with Crippen molar-refractivity contribution in [2.45, 2.75) is 36.9 Å². The van der Waals surface area contributed by atoms with Crippen LogP contribution < -0.4 is 5.73 Å². The van der Waals surface area contributed by atoms with E-state index in [9.17, 15) is 8.42 Å². The Hall–Kier alpha value is -0.870. The highest BCUT2D eigenvalue weighted by atomic mass is 32.2. The van der Waals surface area contributed by atoms with Crippen LogP contribution >= 0.6 is 0 Å². The number of hydrogen-bond acceptors (Lipinski definition) is 3. The van der Waals surface area contributed by atoms with Crippen molar-refractivity contribution in [3.63, 3.8) is 0 Å². The van der Waals surface area contributed by atoms with Crippen molar-refractivity contribution in [2.24, 2.45) is 5.73 Å². The van der Waals surface area contributed by atoms with E-state index < -0.39 is 9.84 Å². The first-order valence-electron chi connectivity index (χ1n) is 6.60. The Bertz CT molecular complexity index is 464. The molecule has 0 saturated heterocycles. The van der Waals surface area contributed by atoms with Gasteiger partial charge in [-0.15, -0.1) is 0 Å². The highest BCUT2D eigenvalue weighted by Gasteiger charge is 2.31. The fourth-order valence-electron chi connectivity index (χ4n) is 2.69. The average molecular weight is 267 g/mol. The summed E-state index contributed by atoms with van der Waals surface area (Å²) in [6, 6.07) is 9.71. The predicted molar refractivity (Wildman–Crippen MR) is 74.3 cm³/mol. The van der Waals surface area contributed by atoms with Crippen LogP contribution in [0.1, 0.15) is 37.2 Å². The van der Waals surface area contributed by atoms with Crippen molar-refractivity contribution in [3.8, 4) is 0 Å². The number of hydrogen-bond donors (Lipinski definition) is 1. The number of rotatable bonds is 5. The molecule has 0 spiro atoms. The zero-order chi connectivity index (χ0) is 13.0. The van der Waals surface area contributed by atoms with Crippen molar-refractivity contribution in [2.75, 3.05) is 12.3 Å². The Morgan fingerprint density at radius 2 is 1.78 bits per heavy atom.